The number of hydrogen-bond acceptors (Lipinski definition) is 2. The van der Waals surface area contributed by atoms with Crippen molar-refractivity contribution in [3.63, 3.8) is 0 Å². The predicted octanol–water partition coefficient (Wildman–Crippen LogP) is 2.85. The lowest BCUT2D eigenvalue weighted by Gasteiger charge is -2.13. The lowest BCUT2D eigenvalue weighted by molar-refractivity contribution is -0.139. The fourth-order valence-electron chi connectivity index (χ4n) is 1.77. The molecule has 14 heavy (non-hydrogen) atoms. The molecule has 0 saturated carbocycles. The number of ether oxygens (including phenoxy) is 1. The first kappa shape index (κ1) is 11.0. The highest BCUT2D eigenvalue weighted by Gasteiger charge is 2.35. The fourth-order valence-corrected chi connectivity index (χ4v) is 1.77. The molecule has 0 unspecified atom stereocenters. The highest BCUT2D eigenvalue weighted by atomic mass is 16.6. The first-order valence-electron chi connectivity index (χ1n) is 5.23. The zero-order chi connectivity index (χ0) is 10.6. The van der Waals surface area contributed by atoms with Crippen molar-refractivity contribution in [1.82, 2.24) is 0 Å². The molecular formula is C12H18O2. The van der Waals surface area contributed by atoms with E-state index in [9.17, 15) is 4.79 Å². The summed E-state index contributed by atoms with van der Waals surface area (Å²) in [6.07, 6.45) is 6.15. The molecule has 2 atom stereocenters. The van der Waals surface area contributed by atoms with E-state index >= 15 is 0 Å². The quantitative estimate of drug-likeness (QED) is 0.291. The molecule has 2 heteroatoms. The number of cyclic esters (lactones) is 1. The minimum Gasteiger partial charge on any atom is -0.458 e. The van der Waals surface area contributed by atoms with E-state index in [2.05, 4.69) is 20.1 Å². The Bertz CT molecular complexity index is 243. The van der Waals surface area contributed by atoms with Crippen molar-refractivity contribution in [2.45, 2.75) is 38.7 Å². The molecule has 78 valence electrons. The largest absolute Gasteiger partial charge is 0.458 e. The number of carbonyl (C=O) groups excluding carboxylic acids is 1. The Morgan fingerprint density at radius 2 is 2.21 bits per heavy atom. The van der Waals surface area contributed by atoms with E-state index in [1.807, 2.05) is 0 Å². The smallest absolute Gasteiger partial charge is 0.334 e. The molecule has 1 rings (SSSR count). The Balaban J connectivity index is 2.48. The van der Waals surface area contributed by atoms with Gasteiger partial charge in [0.15, 0.2) is 0 Å². The maximum absolute atomic E-state index is 11.2. The van der Waals surface area contributed by atoms with Crippen LogP contribution in [0.3, 0.4) is 0 Å². The summed E-state index contributed by atoms with van der Waals surface area (Å²) in [5.41, 5.74) is 0.557. The first-order valence-corrected chi connectivity index (χ1v) is 5.23. The van der Waals surface area contributed by atoms with Crippen LogP contribution in [0.4, 0.5) is 0 Å². The molecular weight excluding hydrogens is 176 g/mol. The lowest BCUT2D eigenvalue weighted by atomic mass is 9.94. The van der Waals surface area contributed by atoms with Crippen LogP contribution in [0.15, 0.2) is 24.8 Å². The molecule has 1 aliphatic heterocycles. The summed E-state index contributed by atoms with van der Waals surface area (Å²) < 4.78 is 5.21. The van der Waals surface area contributed by atoms with Crippen molar-refractivity contribution in [3.8, 4) is 0 Å². The molecule has 0 N–H and O–H groups in total. The van der Waals surface area contributed by atoms with Crippen LogP contribution in [0.1, 0.15) is 32.6 Å². The zero-order valence-corrected chi connectivity index (χ0v) is 8.79. The van der Waals surface area contributed by atoms with Crippen molar-refractivity contribution in [2.75, 3.05) is 0 Å². The third-order valence-corrected chi connectivity index (χ3v) is 2.67. The van der Waals surface area contributed by atoms with Crippen LogP contribution in [0.2, 0.25) is 0 Å². The Kier molecular flexibility index (Phi) is 3.93. The van der Waals surface area contributed by atoms with Gasteiger partial charge in [-0.3, -0.25) is 0 Å². The maximum Gasteiger partial charge on any atom is 0.334 e. The van der Waals surface area contributed by atoms with E-state index < -0.39 is 0 Å². The van der Waals surface area contributed by atoms with E-state index in [4.69, 9.17) is 4.74 Å². The van der Waals surface area contributed by atoms with Crippen LogP contribution in [0, 0.1) is 5.92 Å². The predicted molar refractivity (Wildman–Crippen MR) is 56.8 cm³/mol. The molecule has 0 radical (unpaired) electrons. The molecule has 0 amide bonds. The van der Waals surface area contributed by atoms with Gasteiger partial charge in [-0.05, 0) is 12.8 Å². The van der Waals surface area contributed by atoms with Gasteiger partial charge in [-0.2, -0.15) is 0 Å². The summed E-state index contributed by atoms with van der Waals surface area (Å²) in [5.74, 6) is -0.226. The normalized spacial score (nSPS) is 26.4. The van der Waals surface area contributed by atoms with Gasteiger partial charge >= 0.3 is 5.97 Å². The SMILES string of the molecule is C=C[C@@H]1C(=C)C(=O)O[C@@H]1CCCCC. The second-order valence-electron chi connectivity index (χ2n) is 3.73. The monoisotopic (exact) mass is 194 g/mol. The van der Waals surface area contributed by atoms with E-state index in [1.54, 1.807) is 6.08 Å². The average molecular weight is 194 g/mol. The minimum atomic E-state index is -0.253. The second-order valence-corrected chi connectivity index (χ2v) is 3.73. The van der Waals surface area contributed by atoms with Crippen molar-refractivity contribution in [3.05, 3.63) is 24.8 Å². The lowest BCUT2D eigenvalue weighted by Crippen LogP contribution is -2.14. The zero-order valence-electron chi connectivity index (χ0n) is 8.79. The van der Waals surface area contributed by atoms with Gasteiger partial charge in [-0.1, -0.05) is 32.4 Å². The molecule has 2 nitrogen and oxygen atoms in total. The van der Waals surface area contributed by atoms with Crippen LogP contribution in [0.25, 0.3) is 0 Å². The van der Waals surface area contributed by atoms with Crippen LogP contribution < -0.4 is 0 Å². The summed E-state index contributed by atoms with van der Waals surface area (Å²) in [6, 6.07) is 0. The Morgan fingerprint density at radius 1 is 1.50 bits per heavy atom. The Hall–Kier alpha value is -1.05. The van der Waals surface area contributed by atoms with Gasteiger partial charge in [0.1, 0.15) is 6.10 Å². The molecule has 1 aliphatic rings. The van der Waals surface area contributed by atoms with Crippen molar-refractivity contribution in [1.29, 1.82) is 0 Å². The molecule has 1 fully saturated rings. The molecule has 0 spiro atoms. The van der Waals surface area contributed by atoms with E-state index in [-0.39, 0.29) is 18.0 Å². The molecule has 1 heterocycles. The number of rotatable bonds is 5. The molecule has 0 aromatic rings. The standard InChI is InChI=1S/C12H18O2/c1-4-6-7-8-11-10(5-2)9(3)12(13)14-11/h5,10-11H,2-4,6-8H2,1H3/t10-,11-/m1/s1. The van der Waals surface area contributed by atoms with Crippen LogP contribution in [-0.4, -0.2) is 12.1 Å². The van der Waals surface area contributed by atoms with Crippen LogP contribution >= 0.6 is 0 Å². The Morgan fingerprint density at radius 3 is 2.79 bits per heavy atom. The summed E-state index contributed by atoms with van der Waals surface area (Å²) >= 11 is 0. The summed E-state index contributed by atoms with van der Waals surface area (Å²) in [5, 5.41) is 0. The third-order valence-electron chi connectivity index (χ3n) is 2.67. The highest BCUT2D eigenvalue weighted by molar-refractivity contribution is 5.91. The summed E-state index contributed by atoms with van der Waals surface area (Å²) in [7, 11) is 0. The average Bonchev–Trinajstić information content (AvgIpc) is 2.43. The van der Waals surface area contributed by atoms with Crippen molar-refractivity contribution < 1.29 is 9.53 Å². The second kappa shape index (κ2) is 4.99. The first-order chi connectivity index (χ1) is 6.70. The molecule has 1 saturated heterocycles. The van der Waals surface area contributed by atoms with E-state index in [0.29, 0.717) is 5.57 Å². The molecule has 0 aliphatic carbocycles. The third kappa shape index (κ3) is 2.25. The Labute approximate surface area is 85.6 Å². The van der Waals surface area contributed by atoms with Crippen molar-refractivity contribution >= 4 is 5.97 Å². The minimum absolute atomic E-state index is 0.0148. The number of hydrogen-bond donors (Lipinski definition) is 0. The van der Waals surface area contributed by atoms with E-state index in [0.717, 1.165) is 12.8 Å². The molecule has 0 bridgehead atoms. The van der Waals surface area contributed by atoms with Gasteiger partial charge in [-0.25, -0.2) is 4.79 Å². The number of unbranched alkanes of at least 4 members (excludes halogenated alkanes) is 2. The number of esters is 1. The van der Waals surface area contributed by atoms with Crippen LogP contribution in [0.5, 0.6) is 0 Å². The summed E-state index contributed by atoms with van der Waals surface area (Å²) in [6.45, 7) is 9.59. The van der Waals surface area contributed by atoms with E-state index in [1.165, 1.54) is 12.8 Å². The van der Waals surface area contributed by atoms with Crippen LogP contribution in [-0.2, 0) is 9.53 Å². The van der Waals surface area contributed by atoms with Crippen molar-refractivity contribution in [2.24, 2.45) is 5.92 Å². The number of carbonyl (C=O) groups is 1. The van der Waals surface area contributed by atoms with Gasteiger partial charge in [0.05, 0.1) is 0 Å². The van der Waals surface area contributed by atoms with Gasteiger partial charge in [-0.15, -0.1) is 6.58 Å². The summed E-state index contributed by atoms with van der Waals surface area (Å²) in [4.78, 5) is 11.2. The fraction of sp³-hybridized carbons (Fsp3) is 0.583. The van der Waals surface area contributed by atoms with Gasteiger partial charge in [0.2, 0.25) is 0 Å². The van der Waals surface area contributed by atoms with Gasteiger partial charge in [0, 0.05) is 11.5 Å². The van der Waals surface area contributed by atoms with Gasteiger partial charge in [0.25, 0.3) is 0 Å². The maximum atomic E-state index is 11.2. The van der Waals surface area contributed by atoms with Gasteiger partial charge < -0.3 is 4.74 Å². The topological polar surface area (TPSA) is 26.3 Å². The molecule has 0 aromatic heterocycles. The molecule has 0 aromatic carbocycles. The highest BCUT2D eigenvalue weighted by Crippen LogP contribution is 2.30.